The predicted octanol–water partition coefficient (Wildman–Crippen LogP) is 1.22. The second-order valence-corrected chi connectivity index (χ2v) is 6.89. The summed E-state index contributed by atoms with van der Waals surface area (Å²) in [7, 11) is -3.35. The van der Waals surface area contributed by atoms with Crippen molar-refractivity contribution in [2.24, 2.45) is 5.41 Å². The molecule has 6 heteroatoms. The molecule has 16 heavy (non-hydrogen) atoms. The number of H-pyrrole nitrogens is 1. The smallest absolute Gasteiger partial charge is 0.260 e. The Hall–Kier alpha value is -0.880. The maximum absolute atomic E-state index is 12.1. The first-order chi connectivity index (χ1) is 7.42. The van der Waals surface area contributed by atoms with Crippen molar-refractivity contribution in [1.82, 2.24) is 14.3 Å². The number of piperidine rings is 1. The molecular weight excluding hydrogens is 226 g/mol. The third kappa shape index (κ3) is 2.12. The van der Waals surface area contributed by atoms with Gasteiger partial charge in [-0.05, 0) is 18.3 Å². The summed E-state index contributed by atoms with van der Waals surface area (Å²) in [4.78, 5) is 6.41. The van der Waals surface area contributed by atoms with Crippen LogP contribution in [-0.4, -0.2) is 35.8 Å². The number of hydrogen-bond acceptors (Lipinski definition) is 3. The van der Waals surface area contributed by atoms with E-state index in [0.29, 0.717) is 13.1 Å². The highest BCUT2D eigenvalue weighted by Crippen LogP contribution is 2.31. The fourth-order valence-corrected chi connectivity index (χ4v) is 3.19. The normalized spacial score (nSPS) is 22.1. The number of nitrogens with one attached hydrogen (secondary N) is 1. The van der Waals surface area contributed by atoms with E-state index in [1.165, 1.54) is 16.8 Å². The summed E-state index contributed by atoms with van der Waals surface area (Å²) in [6, 6.07) is 0. The molecule has 1 aliphatic rings. The van der Waals surface area contributed by atoms with Crippen LogP contribution in [0, 0.1) is 5.41 Å². The van der Waals surface area contributed by atoms with Gasteiger partial charge in [0.25, 0.3) is 10.0 Å². The van der Waals surface area contributed by atoms with Crippen molar-refractivity contribution in [3.8, 4) is 0 Å². The summed E-state index contributed by atoms with van der Waals surface area (Å²) in [6.45, 7) is 5.53. The van der Waals surface area contributed by atoms with Crippen LogP contribution in [0.5, 0.6) is 0 Å². The zero-order chi connectivity index (χ0) is 11.8. The highest BCUT2D eigenvalue weighted by atomic mass is 32.2. The molecule has 0 bridgehead atoms. The molecule has 0 atom stereocenters. The van der Waals surface area contributed by atoms with Gasteiger partial charge in [-0.15, -0.1) is 0 Å². The van der Waals surface area contributed by atoms with Gasteiger partial charge in [-0.25, -0.2) is 13.4 Å². The van der Waals surface area contributed by atoms with Gasteiger partial charge >= 0.3 is 0 Å². The SMILES string of the molecule is CC1(C)CCN(S(=O)(=O)c2cnc[nH]2)CC1. The van der Waals surface area contributed by atoms with E-state index in [-0.39, 0.29) is 10.4 Å². The minimum Gasteiger partial charge on any atom is -0.335 e. The molecule has 1 fully saturated rings. The van der Waals surface area contributed by atoms with Gasteiger partial charge in [0.15, 0.2) is 5.03 Å². The molecule has 0 saturated carbocycles. The Kier molecular flexibility index (Phi) is 2.79. The summed E-state index contributed by atoms with van der Waals surface area (Å²) in [6.07, 6.45) is 4.55. The van der Waals surface area contributed by atoms with E-state index in [9.17, 15) is 8.42 Å². The van der Waals surface area contributed by atoms with Crippen molar-refractivity contribution in [2.75, 3.05) is 13.1 Å². The molecule has 0 amide bonds. The molecule has 1 aromatic heterocycles. The van der Waals surface area contributed by atoms with Crippen molar-refractivity contribution in [3.63, 3.8) is 0 Å². The van der Waals surface area contributed by atoms with Crippen LogP contribution < -0.4 is 0 Å². The molecule has 0 unspecified atom stereocenters. The first kappa shape index (κ1) is 11.6. The molecule has 5 nitrogen and oxygen atoms in total. The van der Waals surface area contributed by atoms with Gasteiger partial charge in [0.1, 0.15) is 0 Å². The molecular formula is C10H17N3O2S. The van der Waals surface area contributed by atoms with Crippen molar-refractivity contribution >= 4 is 10.0 Å². The average Bonchev–Trinajstić information content (AvgIpc) is 2.70. The van der Waals surface area contributed by atoms with Gasteiger partial charge < -0.3 is 4.98 Å². The van der Waals surface area contributed by atoms with E-state index in [4.69, 9.17) is 0 Å². The number of hydrogen-bond donors (Lipinski definition) is 1. The van der Waals surface area contributed by atoms with Gasteiger partial charge in [0.2, 0.25) is 0 Å². The van der Waals surface area contributed by atoms with Gasteiger partial charge in [-0.2, -0.15) is 4.31 Å². The van der Waals surface area contributed by atoms with E-state index in [2.05, 4.69) is 23.8 Å². The lowest BCUT2D eigenvalue weighted by Gasteiger charge is -2.35. The Morgan fingerprint density at radius 1 is 1.38 bits per heavy atom. The molecule has 0 aromatic carbocycles. The molecule has 1 N–H and O–H groups in total. The molecule has 1 aliphatic heterocycles. The van der Waals surface area contributed by atoms with Gasteiger partial charge in [-0.1, -0.05) is 13.8 Å². The summed E-state index contributed by atoms with van der Waals surface area (Å²) < 4.78 is 25.8. The van der Waals surface area contributed by atoms with Crippen molar-refractivity contribution < 1.29 is 8.42 Å². The Balaban J connectivity index is 2.16. The lowest BCUT2D eigenvalue weighted by molar-refractivity contribution is 0.195. The van der Waals surface area contributed by atoms with Crippen LogP contribution in [0.3, 0.4) is 0 Å². The van der Waals surface area contributed by atoms with Gasteiger partial charge in [-0.3, -0.25) is 0 Å². The van der Waals surface area contributed by atoms with Crippen molar-refractivity contribution in [2.45, 2.75) is 31.7 Å². The molecule has 0 spiro atoms. The second-order valence-electron chi connectivity index (χ2n) is 4.98. The van der Waals surface area contributed by atoms with Gasteiger partial charge in [0.05, 0.1) is 12.5 Å². The minimum absolute atomic E-state index is 0.187. The number of aromatic nitrogens is 2. The Morgan fingerprint density at radius 3 is 2.50 bits per heavy atom. The minimum atomic E-state index is -3.35. The number of nitrogens with zero attached hydrogens (tertiary/aromatic N) is 2. The third-order valence-electron chi connectivity index (χ3n) is 3.17. The van der Waals surface area contributed by atoms with Crippen LogP contribution in [0.1, 0.15) is 26.7 Å². The molecule has 1 aromatic rings. The zero-order valence-corrected chi connectivity index (χ0v) is 10.4. The molecule has 2 rings (SSSR count). The Bertz CT molecular complexity index is 440. The summed E-state index contributed by atoms with van der Waals surface area (Å²) in [5, 5.41) is 0.187. The standard InChI is InChI=1S/C10H17N3O2S/c1-10(2)3-5-13(6-4-10)16(14,15)9-7-11-8-12-9/h7-8H,3-6H2,1-2H3,(H,11,12). The summed E-state index contributed by atoms with van der Waals surface area (Å²) in [5.74, 6) is 0. The lowest BCUT2D eigenvalue weighted by Crippen LogP contribution is -2.41. The van der Waals surface area contributed by atoms with E-state index in [1.807, 2.05) is 0 Å². The molecule has 0 aliphatic carbocycles. The van der Waals surface area contributed by atoms with Gasteiger partial charge in [0, 0.05) is 13.1 Å². The molecule has 0 radical (unpaired) electrons. The number of aromatic amines is 1. The van der Waals surface area contributed by atoms with Crippen molar-refractivity contribution in [1.29, 1.82) is 0 Å². The van der Waals surface area contributed by atoms with E-state index in [0.717, 1.165) is 12.8 Å². The van der Waals surface area contributed by atoms with Crippen LogP contribution in [0.2, 0.25) is 0 Å². The largest absolute Gasteiger partial charge is 0.335 e. The van der Waals surface area contributed by atoms with Crippen LogP contribution in [-0.2, 0) is 10.0 Å². The summed E-state index contributed by atoms with van der Waals surface area (Å²) in [5.41, 5.74) is 0.250. The number of rotatable bonds is 2. The quantitative estimate of drug-likeness (QED) is 0.849. The monoisotopic (exact) mass is 243 g/mol. The fraction of sp³-hybridized carbons (Fsp3) is 0.700. The second kappa shape index (κ2) is 3.85. The molecule has 1 saturated heterocycles. The Labute approximate surface area is 95.9 Å². The Morgan fingerprint density at radius 2 is 2.00 bits per heavy atom. The van der Waals surface area contributed by atoms with Crippen LogP contribution in [0.15, 0.2) is 17.6 Å². The van der Waals surface area contributed by atoms with E-state index < -0.39 is 10.0 Å². The lowest BCUT2D eigenvalue weighted by atomic mass is 9.83. The first-order valence-corrected chi connectivity index (χ1v) is 6.84. The highest BCUT2D eigenvalue weighted by Gasteiger charge is 2.33. The highest BCUT2D eigenvalue weighted by molar-refractivity contribution is 7.89. The van der Waals surface area contributed by atoms with Crippen molar-refractivity contribution in [3.05, 3.63) is 12.5 Å². The molecule has 2 heterocycles. The van der Waals surface area contributed by atoms with E-state index in [1.54, 1.807) is 0 Å². The zero-order valence-electron chi connectivity index (χ0n) is 9.60. The van der Waals surface area contributed by atoms with E-state index >= 15 is 0 Å². The number of imidazole rings is 1. The summed E-state index contributed by atoms with van der Waals surface area (Å²) >= 11 is 0. The first-order valence-electron chi connectivity index (χ1n) is 5.40. The predicted molar refractivity (Wildman–Crippen MR) is 60.4 cm³/mol. The maximum atomic E-state index is 12.1. The van der Waals surface area contributed by atoms with Crippen LogP contribution in [0.4, 0.5) is 0 Å². The third-order valence-corrected chi connectivity index (χ3v) is 4.99. The van der Waals surface area contributed by atoms with Crippen LogP contribution >= 0.6 is 0 Å². The topological polar surface area (TPSA) is 66.1 Å². The maximum Gasteiger partial charge on any atom is 0.260 e. The average molecular weight is 243 g/mol. The number of sulfonamides is 1. The van der Waals surface area contributed by atoms with Crippen LogP contribution in [0.25, 0.3) is 0 Å². The fourth-order valence-electron chi connectivity index (χ4n) is 1.86. The molecule has 90 valence electrons.